The van der Waals surface area contributed by atoms with Crippen molar-refractivity contribution in [1.29, 1.82) is 0 Å². The van der Waals surface area contributed by atoms with Crippen molar-refractivity contribution in [2.24, 2.45) is 5.16 Å². The first-order chi connectivity index (χ1) is 8.61. The van der Waals surface area contributed by atoms with Crippen LogP contribution in [-0.4, -0.2) is 5.21 Å². The third-order valence-corrected chi connectivity index (χ3v) is 3.24. The normalized spacial score (nSPS) is 12.7. The largest absolute Gasteiger partial charge is 0.463 e. The number of fused-ring (bicyclic) bond motifs is 3. The van der Waals surface area contributed by atoms with Crippen molar-refractivity contribution in [3.8, 4) is 0 Å². The summed E-state index contributed by atoms with van der Waals surface area (Å²) in [6, 6.07) is 3.64. The van der Waals surface area contributed by atoms with E-state index in [0.29, 0.717) is 5.58 Å². The SMILES string of the molecule is Cc1coc2c1c(C)cc1oc(=NO)cc(C)c12. The van der Waals surface area contributed by atoms with Gasteiger partial charge in [-0.05, 0) is 48.7 Å². The molecule has 0 saturated heterocycles. The fourth-order valence-electron chi connectivity index (χ4n) is 2.47. The van der Waals surface area contributed by atoms with E-state index in [1.165, 1.54) is 0 Å². The lowest BCUT2D eigenvalue weighted by atomic mass is 10.0. The molecular formula is C14H13NO3. The predicted molar refractivity (Wildman–Crippen MR) is 67.5 cm³/mol. The van der Waals surface area contributed by atoms with Gasteiger partial charge in [0.1, 0.15) is 11.2 Å². The first-order valence-corrected chi connectivity index (χ1v) is 5.72. The molecule has 0 saturated carbocycles. The van der Waals surface area contributed by atoms with Crippen molar-refractivity contribution in [2.75, 3.05) is 0 Å². The zero-order chi connectivity index (χ0) is 12.9. The Labute approximate surface area is 103 Å². The van der Waals surface area contributed by atoms with Crippen molar-refractivity contribution in [1.82, 2.24) is 0 Å². The Morgan fingerprint density at radius 2 is 1.72 bits per heavy atom. The fourth-order valence-corrected chi connectivity index (χ4v) is 2.47. The number of rotatable bonds is 0. The highest BCUT2D eigenvalue weighted by atomic mass is 16.5. The molecule has 0 atom stereocenters. The molecule has 92 valence electrons. The van der Waals surface area contributed by atoms with Gasteiger partial charge < -0.3 is 14.0 Å². The van der Waals surface area contributed by atoms with Crippen LogP contribution in [0.3, 0.4) is 0 Å². The molecule has 0 fully saturated rings. The van der Waals surface area contributed by atoms with Gasteiger partial charge in [0.15, 0.2) is 0 Å². The van der Waals surface area contributed by atoms with E-state index in [1.807, 2.05) is 26.8 Å². The third-order valence-electron chi connectivity index (χ3n) is 3.24. The number of nitrogens with zero attached hydrogens (tertiary/aromatic N) is 1. The predicted octanol–water partition coefficient (Wildman–Crippen LogP) is 3.39. The third kappa shape index (κ3) is 1.35. The van der Waals surface area contributed by atoms with Gasteiger partial charge in [0, 0.05) is 11.5 Å². The van der Waals surface area contributed by atoms with Crippen LogP contribution in [0, 0.1) is 20.8 Å². The van der Waals surface area contributed by atoms with Crippen LogP contribution in [0.15, 0.2) is 32.4 Å². The molecule has 2 heterocycles. The lowest BCUT2D eigenvalue weighted by Crippen LogP contribution is -2.01. The van der Waals surface area contributed by atoms with E-state index >= 15 is 0 Å². The van der Waals surface area contributed by atoms with E-state index in [4.69, 9.17) is 14.0 Å². The average Bonchev–Trinajstić information content (AvgIpc) is 2.71. The van der Waals surface area contributed by atoms with Crippen LogP contribution in [-0.2, 0) is 0 Å². The van der Waals surface area contributed by atoms with E-state index in [0.717, 1.165) is 33.0 Å². The summed E-state index contributed by atoms with van der Waals surface area (Å²) in [5.74, 6) is 0. The quantitative estimate of drug-likeness (QED) is 0.486. The van der Waals surface area contributed by atoms with Gasteiger partial charge in [0.05, 0.1) is 11.6 Å². The molecule has 0 bridgehead atoms. The maximum atomic E-state index is 8.82. The molecule has 4 nitrogen and oxygen atoms in total. The van der Waals surface area contributed by atoms with Gasteiger partial charge in [-0.2, -0.15) is 0 Å². The standard InChI is InChI=1S/C14H13NO3/c1-7-4-10-13(8(2)5-11(15-16)18-10)14-12(7)9(3)6-17-14/h4-6,16H,1-3H3. The first kappa shape index (κ1) is 10.9. The molecule has 0 aliphatic carbocycles. The molecule has 3 aromatic rings. The maximum absolute atomic E-state index is 8.82. The Balaban J connectivity index is 2.63. The van der Waals surface area contributed by atoms with E-state index in [2.05, 4.69) is 5.16 Å². The summed E-state index contributed by atoms with van der Waals surface area (Å²) in [5.41, 5.74) is 4.85. The van der Waals surface area contributed by atoms with E-state index in [9.17, 15) is 0 Å². The van der Waals surface area contributed by atoms with Crippen LogP contribution >= 0.6 is 0 Å². The minimum Gasteiger partial charge on any atom is -0.463 e. The van der Waals surface area contributed by atoms with Gasteiger partial charge in [-0.15, -0.1) is 0 Å². The molecule has 0 amide bonds. The maximum Gasteiger partial charge on any atom is 0.255 e. The van der Waals surface area contributed by atoms with Gasteiger partial charge in [-0.3, -0.25) is 0 Å². The molecule has 0 aliphatic heterocycles. The van der Waals surface area contributed by atoms with Gasteiger partial charge in [-0.1, -0.05) is 0 Å². The minimum atomic E-state index is 0.196. The fraction of sp³-hybridized carbons (Fsp3) is 0.214. The van der Waals surface area contributed by atoms with Gasteiger partial charge in [-0.25, -0.2) is 0 Å². The van der Waals surface area contributed by atoms with Crippen molar-refractivity contribution in [3.63, 3.8) is 0 Å². The summed E-state index contributed by atoms with van der Waals surface area (Å²) in [5, 5.41) is 14.0. The average molecular weight is 243 g/mol. The zero-order valence-electron chi connectivity index (χ0n) is 10.4. The van der Waals surface area contributed by atoms with Crippen molar-refractivity contribution >= 4 is 21.9 Å². The molecular weight excluding hydrogens is 230 g/mol. The Bertz CT molecular complexity index is 824. The summed E-state index contributed by atoms with van der Waals surface area (Å²) in [6.07, 6.45) is 1.75. The zero-order valence-corrected chi connectivity index (χ0v) is 10.4. The topological polar surface area (TPSA) is 58.9 Å². The monoisotopic (exact) mass is 243 g/mol. The highest BCUT2D eigenvalue weighted by Gasteiger charge is 2.13. The molecule has 1 aromatic carbocycles. The van der Waals surface area contributed by atoms with E-state index in [1.54, 1.807) is 12.3 Å². The number of furan rings is 1. The Morgan fingerprint density at radius 3 is 2.44 bits per heavy atom. The molecule has 0 unspecified atom stereocenters. The van der Waals surface area contributed by atoms with Crippen LogP contribution in [0.25, 0.3) is 21.9 Å². The summed E-state index contributed by atoms with van der Waals surface area (Å²) in [7, 11) is 0. The van der Waals surface area contributed by atoms with Crippen LogP contribution in [0.5, 0.6) is 0 Å². The summed E-state index contributed by atoms with van der Waals surface area (Å²) < 4.78 is 11.2. The highest BCUT2D eigenvalue weighted by molar-refractivity contribution is 6.06. The molecule has 0 spiro atoms. The number of aryl methyl sites for hydroxylation is 3. The smallest absolute Gasteiger partial charge is 0.255 e. The second kappa shape index (κ2) is 3.63. The van der Waals surface area contributed by atoms with Crippen LogP contribution in [0.4, 0.5) is 0 Å². The second-order valence-corrected chi connectivity index (χ2v) is 4.56. The van der Waals surface area contributed by atoms with Crippen molar-refractivity contribution in [3.05, 3.63) is 40.6 Å². The summed E-state index contributed by atoms with van der Waals surface area (Å²) in [6.45, 7) is 5.98. The summed E-state index contributed by atoms with van der Waals surface area (Å²) in [4.78, 5) is 0. The molecule has 0 radical (unpaired) electrons. The molecule has 0 aliphatic rings. The van der Waals surface area contributed by atoms with E-state index in [-0.39, 0.29) is 5.55 Å². The van der Waals surface area contributed by atoms with Crippen molar-refractivity contribution in [2.45, 2.75) is 20.8 Å². The van der Waals surface area contributed by atoms with Gasteiger partial charge in [0.25, 0.3) is 5.55 Å². The van der Waals surface area contributed by atoms with Crippen LogP contribution in [0.1, 0.15) is 16.7 Å². The van der Waals surface area contributed by atoms with Crippen molar-refractivity contribution < 1.29 is 14.0 Å². The first-order valence-electron chi connectivity index (χ1n) is 5.72. The molecule has 2 aromatic heterocycles. The van der Waals surface area contributed by atoms with Gasteiger partial charge in [0.2, 0.25) is 0 Å². The lowest BCUT2D eigenvalue weighted by Gasteiger charge is -2.04. The van der Waals surface area contributed by atoms with Gasteiger partial charge >= 0.3 is 0 Å². The highest BCUT2D eigenvalue weighted by Crippen LogP contribution is 2.32. The molecule has 18 heavy (non-hydrogen) atoms. The Morgan fingerprint density at radius 1 is 1.00 bits per heavy atom. The summed E-state index contributed by atoms with van der Waals surface area (Å²) >= 11 is 0. The number of hydrogen-bond donors (Lipinski definition) is 1. The molecule has 4 heteroatoms. The Hall–Kier alpha value is -2.23. The number of hydrogen-bond acceptors (Lipinski definition) is 4. The molecule has 3 rings (SSSR count). The molecule has 1 N–H and O–H groups in total. The minimum absolute atomic E-state index is 0.196. The number of benzene rings is 1. The van der Waals surface area contributed by atoms with E-state index < -0.39 is 0 Å². The lowest BCUT2D eigenvalue weighted by molar-refractivity contribution is 0.277. The second-order valence-electron chi connectivity index (χ2n) is 4.56. The Kier molecular flexibility index (Phi) is 2.20. The van der Waals surface area contributed by atoms with Crippen LogP contribution < -0.4 is 5.55 Å². The van der Waals surface area contributed by atoms with Crippen LogP contribution in [0.2, 0.25) is 0 Å².